The van der Waals surface area contributed by atoms with Crippen LogP contribution in [0.5, 0.6) is 5.88 Å². The highest BCUT2D eigenvalue weighted by molar-refractivity contribution is 7.89. The van der Waals surface area contributed by atoms with Crippen LogP contribution < -0.4 is 10.1 Å². The molecule has 1 saturated heterocycles. The predicted octanol–water partition coefficient (Wildman–Crippen LogP) is 3.47. The summed E-state index contributed by atoms with van der Waals surface area (Å²) in [6, 6.07) is 9.77. The lowest BCUT2D eigenvalue weighted by atomic mass is 9.94. The minimum absolute atomic E-state index is 0.216. The van der Waals surface area contributed by atoms with Gasteiger partial charge in [-0.15, -0.1) is 0 Å². The first-order valence-electron chi connectivity index (χ1n) is 10.8. The highest BCUT2D eigenvalue weighted by Crippen LogP contribution is 2.26. The molecule has 8 heteroatoms. The number of carbonyl (C=O) groups excluding carboxylic acids is 1. The summed E-state index contributed by atoms with van der Waals surface area (Å²) in [5, 5.41) is 2.85. The molecule has 0 saturated carbocycles. The van der Waals surface area contributed by atoms with Gasteiger partial charge in [0.25, 0.3) is 5.91 Å². The molecule has 0 spiro atoms. The van der Waals surface area contributed by atoms with Crippen molar-refractivity contribution in [2.24, 2.45) is 11.8 Å². The van der Waals surface area contributed by atoms with E-state index < -0.39 is 10.0 Å². The van der Waals surface area contributed by atoms with Crippen molar-refractivity contribution in [2.45, 2.75) is 45.1 Å². The van der Waals surface area contributed by atoms with Crippen molar-refractivity contribution >= 4 is 15.9 Å². The minimum Gasteiger partial charge on any atom is -0.477 e. The highest BCUT2D eigenvalue weighted by Gasteiger charge is 2.31. The number of pyridine rings is 1. The van der Waals surface area contributed by atoms with E-state index in [1.165, 1.54) is 12.1 Å². The van der Waals surface area contributed by atoms with E-state index in [9.17, 15) is 13.2 Å². The molecule has 2 aromatic rings. The Kier molecular flexibility index (Phi) is 7.67. The monoisotopic (exact) mass is 445 g/mol. The largest absolute Gasteiger partial charge is 0.477 e. The number of piperidine rings is 1. The third-order valence-corrected chi connectivity index (χ3v) is 7.17. The molecule has 1 aromatic carbocycles. The molecule has 1 aliphatic heterocycles. The molecule has 1 aliphatic rings. The van der Waals surface area contributed by atoms with Gasteiger partial charge in [0.2, 0.25) is 15.9 Å². The summed E-state index contributed by atoms with van der Waals surface area (Å²) in [5.74, 6) is 0.898. The number of rotatable bonds is 8. The van der Waals surface area contributed by atoms with Crippen LogP contribution in [-0.2, 0) is 16.6 Å². The van der Waals surface area contributed by atoms with Crippen molar-refractivity contribution < 1.29 is 17.9 Å². The zero-order valence-corrected chi connectivity index (χ0v) is 19.2. The number of aromatic nitrogens is 1. The standard InChI is InChI=1S/C23H31N3O4S/c1-4-12-30-23-20(6-5-11-24-23)14-25-22(27)19-7-9-21(10-8-19)31(28,29)26-15-17(2)13-18(3)16-26/h5-11,17-18H,4,12-16H2,1-3H3,(H,25,27). The van der Waals surface area contributed by atoms with Crippen LogP contribution in [0.4, 0.5) is 0 Å². The van der Waals surface area contributed by atoms with E-state index in [1.807, 2.05) is 13.0 Å². The number of carbonyl (C=O) groups is 1. The van der Waals surface area contributed by atoms with Gasteiger partial charge >= 0.3 is 0 Å². The molecule has 0 aliphatic carbocycles. The first kappa shape index (κ1) is 23.2. The average Bonchev–Trinajstić information content (AvgIpc) is 2.76. The first-order chi connectivity index (χ1) is 14.8. The maximum Gasteiger partial charge on any atom is 0.251 e. The molecule has 2 heterocycles. The Morgan fingerprint density at radius 1 is 1.16 bits per heavy atom. The predicted molar refractivity (Wildman–Crippen MR) is 119 cm³/mol. The van der Waals surface area contributed by atoms with Crippen molar-refractivity contribution in [2.75, 3.05) is 19.7 Å². The lowest BCUT2D eigenvalue weighted by Crippen LogP contribution is -2.42. The van der Waals surface area contributed by atoms with Gasteiger partial charge in [-0.05, 0) is 55.0 Å². The zero-order valence-electron chi connectivity index (χ0n) is 18.4. The molecule has 7 nitrogen and oxygen atoms in total. The van der Waals surface area contributed by atoms with E-state index in [-0.39, 0.29) is 17.3 Å². The van der Waals surface area contributed by atoms with Gasteiger partial charge in [0.1, 0.15) is 0 Å². The van der Waals surface area contributed by atoms with Gasteiger partial charge in [-0.3, -0.25) is 4.79 Å². The van der Waals surface area contributed by atoms with Gasteiger partial charge in [0.05, 0.1) is 11.5 Å². The number of benzene rings is 1. The van der Waals surface area contributed by atoms with Gasteiger partial charge < -0.3 is 10.1 Å². The van der Waals surface area contributed by atoms with E-state index >= 15 is 0 Å². The average molecular weight is 446 g/mol. The lowest BCUT2D eigenvalue weighted by Gasteiger charge is -2.34. The Morgan fingerprint density at radius 2 is 1.84 bits per heavy atom. The normalized spacial score (nSPS) is 19.7. The quantitative estimate of drug-likeness (QED) is 0.672. The lowest BCUT2D eigenvalue weighted by molar-refractivity contribution is 0.0950. The second kappa shape index (κ2) is 10.2. The number of hydrogen-bond donors (Lipinski definition) is 1. The van der Waals surface area contributed by atoms with Crippen LogP contribution in [0.25, 0.3) is 0 Å². The SMILES string of the molecule is CCCOc1ncccc1CNC(=O)c1ccc(S(=O)(=O)N2CC(C)CC(C)C2)cc1. The number of sulfonamides is 1. The smallest absolute Gasteiger partial charge is 0.251 e. The van der Waals surface area contributed by atoms with Crippen LogP contribution in [0, 0.1) is 11.8 Å². The fraction of sp³-hybridized carbons (Fsp3) is 0.478. The van der Waals surface area contributed by atoms with Crippen LogP contribution in [-0.4, -0.2) is 43.3 Å². The molecule has 2 unspecified atom stereocenters. The number of amides is 1. The molecule has 2 atom stereocenters. The third kappa shape index (κ3) is 5.83. The van der Waals surface area contributed by atoms with E-state index in [4.69, 9.17) is 4.74 Å². The molecular weight excluding hydrogens is 414 g/mol. The molecule has 0 radical (unpaired) electrons. The molecular formula is C23H31N3O4S. The summed E-state index contributed by atoms with van der Waals surface area (Å²) >= 11 is 0. The van der Waals surface area contributed by atoms with E-state index in [2.05, 4.69) is 24.1 Å². The summed E-state index contributed by atoms with van der Waals surface area (Å²) in [6.07, 6.45) is 3.56. The third-order valence-electron chi connectivity index (χ3n) is 5.32. The van der Waals surface area contributed by atoms with Crippen LogP contribution >= 0.6 is 0 Å². The molecule has 168 valence electrons. The second-order valence-electron chi connectivity index (χ2n) is 8.29. The summed E-state index contributed by atoms with van der Waals surface area (Å²) in [6.45, 7) is 8.06. The zero-order chi connectivity index (χ0) is 22.4. The maximum absolute atomic E-state index is 13.0. The number of nitrogens with zero attached hydrogens (tertiary/aromatic N) is 2. The first-order valence-corrected chi connectivity index (χ1v) is 12.2. The molecule has 0 bridgehead atoms. The summed E-state index contributed by atoms with van der Waals surface area (Å²) in [5.41, 5.74) is 1.19. The Labute approximate surface area is 184 Å². The molecule has 31 heavy (non-hydrogen) atoms. The molecule has 1 aromatic heterocycles. The van der Waals surface area contributed by atoms with Gasteiger partial charge in [0.15, 0.2) is 0 Å². The summed E-state index contributed by atoms with van der Waals surface area (Å²) < 4.78 is 33.2. The molecule has 1 N–H and O–H groups in total. The van der Waals surface area contributed by atoms with E-state index in [0.29, 0.717) is 43.0 Å². The number of hydrogen-bond acceptors (Lipinski definition) is 5. The minimum atomic E-state index is -3.56. The van der Waals surface area contributed by atoms with E-state index in [0.717, 1.165) is 18.4 Å². The van der Waals surface area contributed by atoms with Crippen LogP contribution in [0.1, 0.15) is 49.5 Å². The fourth-order valence-corrected chi connectivity index (χ4v) is 5.57. The van der Waals surface area contributed by atoms with Gasteiger partial charge in [-0.25, -0.2) is 13.4 Å². The Morgan fingerprint density at radius 3 is 2.48 bits per heavy atom. The number of nitrogens with one attached hydrogen (secondary N) is 1. The van der Waals surface area contributed by atoms with Gasteiger partial charge in [0, 0.05) is 37.0 Å². The van der Waals surface area contributed by atoms with Crippen LogP contribution in [0.3, 0.4) is 0 Å². The van der Waals surface area contributed by atoms with Crippen molar-refractivity contribution in [1.82, 2.24) is 14.6 Å². The van der Waals surface area contributed by atoms with Crippen molar-refractivity contribution in [3.8, 4) is 5.88 Å². The van der Waals surface area contributed by atoms with Gasteiger partial charge in [-0.2, -0.15) is 4.31 Å². The molecule has 1 fully saturated rings. The maximum atomic E-state index is 13.0. The highest BCUT2D eigenvalue weighted by atomic mass is 32.2. The van der Waals surface area contributed by atoms with E-state index in [1.54, 1.807) is 28.7 Å². The van der Waals surface area contributed by atoms with Gasteiger partial charge in [-0.1, -0.05) is 26.8 Å². The Bertz CT molecular complexity index is 982. The van der Waals surface area contributed by atoms with Crippen molar-refractivity contribution in [3.63, 3.8) is 0 Å². The molecule has 3 rings (SSSR count). The fourth-order valence-electron chi connectivity index (χ4n) is 3.89. The summed E-state index contributed by atoms with van der Waals surface area (Å²) in [4.78, 5) is 17.0. The number of ether oxygens (including phenoxy) is 1. The van der Waals surface area contributed by atoms with Crippen LogP contribution in [0.2, 0.25) is 0 Å². The molecule has 1 amide bonds. The Hall–Kier alpha value is -2.45. The summed E-state index contributed by atoms with van der Waals surface area (Å²) in [7, 11) is -3.56. The van der Waals surface area contributed by atoms with Crippen molar-refractivity contribution in [3.05, 3.63) is 53.7 Å². The second-order valence-corrected chi connectivity index (χ2v) is 10.2. The van der Waals surface area contributed by atoms with Crippen LogP contribution in [0.15, 0.2) is 47.5 Å². The Balaban J connectivity index is 1.65. The van der Waals surface area contributed by atoms with Crippen molar-refractivity contribution in [1.29, 1.82) is 0 Å². The topological polar surface area (TPSA) is 88.6 Å².